The lowest BCUT2D eigenvalue weighted by atomic mass is 9.88. The van der Waals surface area contributed by atoms with Crippen molar-refractivity contribution < 1.29 is 27.8 Å². The molecule has 2 aliphatic heterocycles. The molecule has 2 heterocycles. The molecule has 4 rings (SSSR count). The van der Waals surface area contributed by atoms with Crippen LogP contribution in [0.3, 0.4) is 0 Å². The Morgan fingerprint density at radius 2 is 1.76 bits per heavy atom. The van der Waals surface area contributed by atoms with Gasteiger partial charge in [0.05, 0.1) is 6.61 Å². The van der Waals surface area contributed by atoms with E-state index < -0.39 is 32.6 Å². The van der Waals surface area contributed by atoms with Gasteiger partial charge in [0.1, 0.15) is 16.7 Å². The third-order valence-corrected chi connectivity index (χ3v) is 9.78. The van der Waals surface area contributed by atoms with Gasteiger partial charge in [-0.3, -0.25) is 0 Å². The van der Waals surface area contributed by atoms with E-state index in [9.17, 15) is 17.9 Å². The number of rotatable bonds is 10. The zero-order chi connectivity index (χ0) is 27.3. The Bertz CT molecular complexity index is 1210. The molecule has 9 heteroatoms. The van der Waals surface area contributed by atoms with Gasteiger partial charge in [0, 0.05) is 19.6 Å². The van der Waals surface area contributed by atoms with Gasteiger partial charge in [0.25, 0.3) is 10.0 Å². The van der Waals surface area contributed by atoms with Gasteiger partial charge in [-0.25, -0.2) is 12.8 Å². The van der Waals surface area contributed by atoms with E-state index in [0.29, 0.717) is 11.5 Å². The predicted octanol–water partition coefficient (Wildman–Crippen LogP) is 4.00. The lowest BCUT2D eigenvalue weighted by Gasteiger charge is -2.38. The molecule has 0 radical (unpaired) electrons. The average molecular weight is 547 g/mol. The lowest BCUT2D eigenvalue weighted by Crippen LogP contribution is -2.50. The number of piperidine rings is 1. The second-order valence-corrected chi connectivity index (χ2v) is 12.7. The molecule has 2 aromatic carbocycles. The predicted molar refractivity (Wildman–Crippen MR) is 146 cm³/mol. The number of likely N-dealkylation sites (tertiary alicyclic amines) is 1. The van der Waals surface area contributed by atoms with Crippen LogP contribution in [0.4, 0.5) is 4.39 Å². The van der Waals surface area contributed by atoms with Crippen LogP contribution in [0.1, 0.15) is 68.1 Å². The Morgan fingerprint density at radius 3 is 2.37 bits per heavy atom. The van der Waals surface area contributed by atoms with Crippen LogP contribution in [-0.4, -0.2) is 73.1 Å². The molecular weight excluding hydrogens is 507 g/mol. The summed E-state index contributed by atoms with van der Waals surface area (Å²) in [6, 6.07) is 14.5. The fourth-order valence-corrected chi connectivity index (χ4v) is 7.39. The summed E-state index contributed by atoms with van der Waals surface area (Å²) in [5.74, 6) is -0.339. The smallest absolute Gasteiger partial charge is 0.263 e. The highest BCUT2D eigenvalue weighted by Crippen LogP contribution is 2.35. The summed E-state index contributed by atoms with van der Waals surface area (Å²) in [5, 5.41) is 17.8. The molecule has 0 saturated carbocycles. The van der Waals surface area contributed by atoms with E-state index in [2.05, 4.69) is 21.4 Å². The Balaban J connectivity index is 1.46. The van der Waals surface area contributed by atoms with E-state index in [1.165, 1.54) is 11.6 Å². The number of benzene rings is 2. The van der Waals surface area contributed by atoms with Gasteiger partial charge in [0.2, 0.25) is 5.90 Å². The first kappa shape index (κ1) is 28.7. The molecule has 2 aliphatic rings. The Morgan fingerprint density at radius 1 is 1.08 bits per heavy atom. The van der Waals surface area contributed by atoms with Crippen LogP contribution < -0.4 is 0 Å². The minimum atomic E-state index is -3.89. The quantitative estimate of drug-likeness (QED) is 0.467. The first-order chi connectivity index (χ1) is 18.1. The summed E-state index contributed by atoms with van der Waals surface area (Å²) >= 11 is 0. The first-order valence-electron chi connectivity index (χ1n) is 13.4. The third-order valence-electron chi connectivity index (χ3n) is 7.86. The maximum absolute atomic E-state index is 14.4. The molecule has 0 bridgehead atoms. The van der Waals surface area contributed by atoms with Crippen molar-refractivity contribution in [3.8, 4) is 0 Å². The van der Waals surface area contributed by atoms with Crippen LogP contribution in [0.2, 0.25) is 0 Å². The number of nitrogens with zero attached hydrogens (tertiary/aromatic N) is 2. The summed E-state index contributed by atoms with van der Waals surface area (Å²) in [4.78, 5) is 2.28. The fraction of sp³-hybridized carbons (Fsp3) is 0.552. The number of hydrogen-bond acceptors (Lipinski definition) is 6. The number of hydrogen-bond donors (Lipinski definition) is 2. The maximum Gasteiger partial charge on any atom is 0.263 e. The second-order valence-electron chi connectivity index (χ2n) is 10.9. The summed E-state index contributed by atoms with van der Waals surface area (Å²) in [5.41, 5.74) is 1.53. The van der Waals surface area contributed by atoms with E-state index in [1.807, 2.05) is 12.1 Å². The molecule has 0 amide bonds. The topological polar surface area (TPSA) is 99.4 Å². The number of aliphatic hydroxyl groups excluding tert-OH is 2. The van der Waals surface area contributed by atoms with Crippen molar-refractivity contribution in [1.29, 1.82) is 0 Å². The minimum Gasteiger partial charge on any atom is -0.473 e. The zero-order valence-electron chi connectivity index (χ0n) is 22.2. The van der Waals surface area contributed by atoms with Crippen molar-refractivity contribution in [2.75, 3.05) is 32.8 Å². The minimum absolute atomic E-state index is 0.0517. The molecule has 1 saturated heterocycles. The highest BCUT2D eigenvalue weighted by molar-refractivity contribution is 7.91. The van der Waals surface area contributed by atoms with Crippen LogP contribution >= 0.6 is 0 Å². The van der Waals surface area contributed by atoms with Gasteiger partial charge < -0.3 is 19.8 Å². The molecule has 38 heavy (non-hydrogen) atoms. The van der Waals surface area contributed by atoms with E-state index in [-0.39, 0.29) is 38.4 Å². The maximum atomic E-state index is 14.4. The summed E-state index contributed by atoms with van der Waals surface area (Å²) in [7, 11) is -3.89. The SMILES string of the molecule is CC1(C)OC(C[C@@H](CCO)c2ccccc2F)=NS(=O)(=O)C1Cc1ccc(C2CCN(CCO)CC2)cc1. The Hall–Kier alpha value is -2.33. The van der Waals surface area contributed by atoms with Crippen molar-refractivity contribution in [2.45, 2.75) is 68.6 Å². The normalized spacial score (nSPS) is 22.4. The van der Waals surface area contributed by atoms with Gasteiger partial charge in [-0.1, -0.05) is 42.5 Å². The van der Waals surface area contributed by atoms with E-state index in [4.69, 9.17) is 9.84 Å². The Labute approximate surface area is 225 Å². The number of β-amino-alcohol motifs (C(OH)–C–C–N with tert-alkyl or cyclic N) is 1. The largest absolute Gasteiger partial charge is 0.473 e. The molecule has 2 N–H and O–H groups in total. The monoisotopic (exact) mass is 546 g/mol. The number of ether oxygens (including phenoxy) is 1. The zero-order valence-corrected chi connectivity index (χ0v) is 23.0. The van der Waals surface area contributed by atoms with Crippen molar-refractivity contribution in [3.05, 3.63) is 71.0 Å². The fourth-order valence-electron chi connectivity index (χ4n) is 5.69. The summed E-state index contributed by atoms with van der Waals surface area (Å²) in [6.07, 6.45) is 2.70. The molecule has 0 aromatic heterocycles. The molecular formula is C29H39FN2O5S. The molecule has 0 spiro atoms. The van der Waals surface area contributed by atoms with Crippen LogP contribution in [-0.2, 0) is 21.2 Å². The number of aliphatic hydroxyl groups is 2. The summed E-state index contributed by atoms with van der Waals surface area (Å²) < 4.78 is 51.3. The van der Waals surface area contributed by atoms with Crippen molar-refractivity contribution >= 4 is 15.9 Å². The van der Waals surface area contributed by atoms with E-state index in [1.54, 1.807) is 32.0 Å². The average Bonchev–Trinajstić information content (AvgIpc) is 2.87. The van der Waals surface area contributed by atoms with Gasteiger partial charge >= 0.3 is 0 Å². The highest BCUT2D eigenvalue weighted by Gasteiger charge is 2.46. The molecule has 0 aliphatic carbocycles. The standard InChI is InChI=1S/C29H39FN2O5S/c1-29(2)27(19-21-7-9-22(10-8-21)23-11-14-32(15-12-23)16-18-34)38(35,36)31-28(37-29)20-24(13-17-33)25-5-3-4-6-26(25)30/h3-10,23-24,27,33-34H,11-20H2,1-2H3/t24-,27?/m1/s1. The van der Waals surface area contributed by atoms with Crippen molar-refractivity contribution in [1.82, 2.24) is 4.90 Å². The molecule has 7 nitrogen and oxygen atoms in total. The van der Waals surface area contributed by atoms with Crippen molar-refractivity contribution in [3.63, 3.8) is 0 Å². The highest BCUT2D eigenvalue weighted by atomic mass is 32.2. The van der Waals surface area contributed by atoms with Crippen LogP contribution in [0, 0.1) is 5.82 Å². The molecule has 208 valence electrons. The van der Waals surface area contributed by atoms with E-state index in [0.717, 1.165) is 38.0 Å². The van der Waals surface area contributed by atoms with Crippen LogP contribution in [0.5, 0.6) is 0 Å². The van der Waals surface area contributed by atoms with Gasteiger partial charge in [-0.15, -0.1) is 4.40 Å². The molecule has 1 unspecified atom stereocenters. The first-order valence-corrected chi connectivity index (χ1v) is 14.9. The van der Waals surface area contributed by atoms with Gasteiger partial charge in [-0.2, -0.15) is 0 Å². The molecule has 2 atom stereocenters. The van der Waals surface area contributed by atoms with Crippen LogP contribution in [0.15, 0.2) is 52.9 Å². The van der Waals surface area contributed by atoms with Crippen molar-refractivity contribution in [2.24, 2.45) is 4.40 Å². The van der Waals surface area contributed by atoms with Crippen LogP contribution in [0.25, 0.3) is 0 Å². The third kappa shape index (κ3) is 6.81. The van der Waals surface area contributed by atoms with Gasteiger partial charge in [-0.05, 0) is 87.2 Å². The number of halogens is 1. The molecule has 2 aromatic rings. The Kier molecular flexibility index (Phi) is 9.23. The van der Waals surface area contributed by atoms with Gasteiger partial charge in [0.15, 0.2) is 0 Å². The second kappa shape index (κ2) is 12.2. The lowest BCUT2D eigenvalue weighted by molar-refractivity contribution is 0.0797. The molecule has 1 fully saturated rings. The summed E-state index contributed by atoms with van der Waals surface area (Å²) in [6.45, 7) is 6.18. The number of sulfonamides is 1. The van der Waals surface area contributed by atoms with E-state index >= 15 is 0 Å².